The summed E-state index contributed by atoms with van der Waals surface area (Å²) < 4.78 is 31.5. The number of aryl methyl sites for hydroxylation is 2. The van der Waals surface area contributed by atoms with Crippen LogP contribution in [0.2, 0.25) is 0 Å². The van der Waals surface area contributed by atoms with Crippen LogP contribution in [0, 0.1) is 6.92 Å². The van der Waals surface area contributed by atoms with E-state index in [9.17, 15) is 13.2 Å². The van der Waals surface area contributed by atoms with Crippen LogP contribution in [0.1, 0.15) is 37.8 Å². The number of sulfonamides is 1. The molecule has 2 rings (SSSR count). The summed E-state index contributed by atoms with van der Waals surface area (Å²) in [5.74, 6) is 0.683. The van der Waals surface area contributed by atoms with E-state index in [2.05, 4.69) is 12.2 Å². The van der Waals surface area contributed by atoms with Gasteiger partial charge in [-0.2, -0.15) is 0 Å². The highest BCUT2D eigenvalue weighted by Crippen LogP contribution is 2.19. The maximum absolute atomic E-state index is 12.2. The number of amides is 1. The summed E-state index contributed by atoms with van der Waals surface area (Å²) >= 11 is 0. The van der Waals surface area contributed by atoms with Crippen molar-refractivity contribution in [3.8, 4) is 5.75 Å². The second-order valence-corrected chi connectivity index (χ2v) is 9.41. The van der Waals surface area contributed by atoms with Crippen molar-refractivity contribution in [2.45, 2.75) is 46.1 Å². The number of nitrogens with one attached hydrogen (secondary N) is 1. The standard InChI is InChI=1S/C23H32N2O4S/c1-5-20-12-14-21(15-13-20)25(30(4,27)28)16-8-11-23(26)24-19(3)17-29-22-10-7-6-9-18(22)2/h6-7,9-10,12-15,19H,5,8,11,16-17H2,1-4H3,(H,24,26)/t19-/m0/s1. The lowest BCUT2D eigenvalue weighted by Gasteiger charge is -2.23. The number of nitrogens with zero attached hydrogens (tertiary/aromatic N) is 1. The molecule has 2 aromatic carbocycles. The largest absolute Gasteiger partial charge is 0.491 e. The first kappa shape index (κ1) is 23.7. The third kappa shape index (κ3) is 7.37. The fourth-order valence-electron chi connectivity index (χ4n) is 3.09. The van der Waals surface area contributed by atoms with Gasteiger partial charge in [0.15, 0.2) is 0 Å². The lowest BCUT2D eigenvalue weighted by Crippen LogP contribution is -2.37. The number of hydrogen-bond donors (Lipinski definition) is 1. The zero-order valence-electron chi connectivity index (χ0n) is 18.2. The molecule has 164 valence electrons. The fourth-order valence-corrected chi connectivity index (χ4v) is 4.05. The molecule has 6 nitrogen and oxygen atoms in total. The Hall–Kier alpha value is -2.54. The lowest BCUT2D eigenvalue weighted by atomic mass is 10.1. The number of hydrogen-bond acceptors (Lipinski definition) is 4. The predicted octanol–water partition coefficient (Wildman–Crippen LogP) is 3.69. The number of ether oxygens (including phenoxy) is 1. The normalized spacial score (nSPS) is 12.3. The molecule has 0 heterocycles. The van der Waals surface area contributed by atoms with Crippen LogP contribution in [0.3, 0.4) is 0 Å². The molecular formula is C23H32N2O4S. The maximum atomic E-state index is 12.2. The van der Waals surface area contributed by atoms with Crippen molar-refractivity contribution < 1.29 is 17.9 Å². The van der Waals surface area contributed by atoms with E-state index >= 15 is 0 Å². The minimum Gasteiger partial charge on any atom is -0.491 e. The smallest absolute Gasteiger partial charge is 0.232 e. The van der Waals surface area contributed by atoms with Crippen molar-refractivity contribution in [3.63, 3.8) is 0 Å². The summed E-state index contributed by atoms with van der Waals surface area (Å²) in [6.45, 7) is 6.53. The molecule has 30 heavy (non-hydrogen) atoms. The first-order valence-electron chi connectivity index (χ1n) is 10.2. The van der Waals surface area contributed by atoms with E-state index in [-0.39, 0.29) is 24.9 Å². The van der Waals surface area contributed by atoms with Crippen molar-refractivity contribution in [1.82, 2.24) is 5.32 Å². The fraction of sp³-hybridized carbons (Fsp3) is 0.435. The zero-order valence-corrected chi connectivity index (χ0v) is 19.0. The monoisotopic (exact) mass is 432 g/mol. The van der Waals surface area contributed by atoms with Crippen LogP contribution >= 0.6 is 0 Å². The Labute approximate surface area is 180 Å². The summed E-state index contributed by atoms with van der Waals surface area (Å²) in [4.78, 5) is 12.2. The van der Waals surface area contributed by atoms with Crippen LogP contribution in [-0.4, -0.2) is 39.8 Å². The Bertz CT molecular complexity index is 926. The second kappa shape index (κ2) is 11.0. The Morgan fingerprint density at radius 1 is 1.13 bits per heavy atom. The number of anilines is 1. The Morgan fingerprint density at radius 2 is 1.80 bits per heavy atom. The van der Waals surface area contributed by atoms with E-state index in [0.717, 1.165) is 23.3 Å². The average molecular weight is 433 g/mol. The minimum absolute atomic E-state index is 0.120. The van der Waals surface area contributed by atoms with Gasteiger partial charge in [0.2, 0.25) is 15.9 Å². The van der Waals surface area contributed by atoms with E-state index in [1.807, 2.05) is 62.4 Å². The van der Waals surface area contributed by atoms with Crippen LogP contribution in [-0.2, 0) is 21.2 Å². The van der Waals surface area contributed by atoms with E-state index in [4.69, 9.17) is 4.74 Å². The summed E-state index contributed by atoms with van der Waals surface area (Å²) in [6, 6.07) is 15.1. The Balaban J connectivity index is 1.82. The van der Waals surface area contributed by atoms with Crippen LogP contribution in [0.5, 0.6) is 5.75 Å². The highest BCUT2D eigenvalue weighted by atomic mass is 32.2. The van der Waals surface area contributed by atoms with E-state index in [1.54, 1.807) is 0 Å². The summed E-state index contributed by atoms with van der Waals surface area (Å²) in [7, 11) is -3.42. The molecule has 0 radical (unpaired) electrons. The summed E-state index contributed by atoms with van der Waals surface area (Å²) in [6.07, 6.45) is 2.75. The van der Waals surface area contributed by atoms with Gasteiger partial charge < -0.3 is 10.1 Å². The second-order valence-electron chi connectivity index (χ2n) is 7.50. The maximum Gasteiger partial charge on any atom is 0.232 e. The van der Waals surface area contributed by atoms with Crippen LogP contribution < -0.4 is 14.4 Å². The third-order valence-corrected chi connectivity index (χ3v) is 5.98. The first-order valence-corrected chi connectivity index (χ1v) is 12.1. The van der Waals surface area contributed by atoms with E-state index in [0.29, 0.717) is 18.7 Å². The van der Waals surface area contributed by atoms with Gasteiger partial charge in [-0.1, -0.05) is 37.3 Å². The van der Waals surface area contributed by atoms with Crippen molar-refractivity contribution >= 4 is 21.6 Å². The molecule has 0 aliphatic carbocycles. The van der Waals surface area contributed by atoms with Gasteiger partial charge in [0.1, 0.15) is 12.4 Å². The molecule has 0 fully saturated rings. The molecule has 1 N–H and O–H groups in total. The van der Waals surface area contributed by atoms with Gasteiger partial charge in [-0.15, -0.1) is 0 Å². The molecule has 0 aliphatic rings. The molecule has 0 bridgehead atoms. The molecular weight excluding hydrogens is 400 g/mol. The quantitative estimate of drug-likeness (QED) is 0.588. The van der Waals surface area contributed by atoms with Crippen molar-refractivity contribution in [2.24, 2.45) is 0 Å². The molecule has 0 aliphatic heterocycles. The number of rotatable bonds is 11. The predicted molar refractivity (Wildman–Crippen MR) is 122 cm³/mol. The number of carbonyl (C=O) groups excluding carboxylic acids is 1. The van der Waals surface area contributed by atoms with Crippen molar-refractivity contribution in [2.75, 3.05) is 23.7 Å². The zero-order chi connectivity index (χ0) is 22.1. The molecule has 7 heteroatoms. The molecule has 1 atom stereocenters. The minimum atomic E-state index is -3.42. The van der Waals surface area contributed by atoms with Gasteiger partial charge in [0, 0.05) is 13.0 Å². The third-order valence-electron chi connectivity index (χ3n) is 4.79. The van der Waals surface area contributed by atoms with Gasteiger partial charge in [-0.3, -0.25) is 9.10 Å². The SMILES string of the molecule is CCc1ccc(N(CCCC(=O)N[C@@H](C)COc2ccccc2C)S(C)(=O)=O)cc1. The number of para-hydroxylation sites is 1. The van der Waals surface area contributed by atoms with Crippen LogP contribution in [0.25, 0.3) is 0 Å². The summed E-state index contributed by atoms with van der Waals surface area (Å²) in [5.41, 5.74) is 2.81. The van der Waals surface area contributed by atoms with Crippen molar-refractivity contribution in [1.29, 1.82) is 0 Å². The average Bonchev–Trinajstić information content (AvgIpc) is 2.70. The van der Waals surface area contributed by atoms with Gasteiger partial charge >= 0.3 is 0 Å². The summed E-state index contributed by atoms with van der Waals surface area (Å²) in [5, 5.41) is 2.91. The molecule has 0 saturated heterocycles. The Morgan fingerprint density at radius 3 is 2.40 bits per heavy atom. The molecule has 0 aromatic heterocycles. The van der Waals surface area contributed by atoms with E-state index < -0.39 is 10.0 Å². The van der Waals surface area contributed by atoms with Crippen LogP contribution in [0.15, 0.2) is 48.5 Å². The highest BCUT2D eigenvalue weighted by Gasteiger charge is 2.18. The van der Waals surface area contributed by atoms with Gasteiger partial charge in [0.05, 0.1) is 18.0 Å². The molecule has 1 amide bonds. The van der Waals surface area contributed by atoms with Gasteiger partial charge in [0.25, 0.3) is 0 Å². The van der Waals surface area contributed by atoms with Crippen LogP contribution in [0.4, 0.5) is 5.69 Å². The topological polar surface area (TPSA) is 75.7 Å². The number of benzene rings is 2. The highest BCUT2D eigenvalue weighted by molar-refractivity contribution is 7.92. The van der Waals surface area contributed by atoms with E-state index in [1.165, 1.54) is 10.6 Å². The van der Waals surface area contributed by atoms with Crippen molar-refractivity contribution in [3.05, 3.63) is 59.7 Å². The molecule has 2 aromatic rings. The van der Waals surface area contributed by atoms with Gasteiger partial charge in [-0.25, -0.2) is 8.42 Å². The molecule has 0 spiro atoms. The lowest BCUT2D eigenvalue weighted by molar-refractivity contribution is -0.121. The molecule has 0 saturated carbocycles. The van der Waals surface area contributed by atoms with Gasteiger partial charge in [-0.05, 0) is 56.0 Å². The molecule has 0 unspecified atom stereocenters. The number of carbonyl (C=O) groups is 1. The Kier molecular flexibility index (Phi) is 8.72. The first-order chi connectivity index (χ1) is 14.2.